The number of rotatable bonds is 6. The number of H-pyrrole nitrogens is 1. The zero-order valence-electron chi connectivity index (χ0n) is 22.4. The molecule has 1 aromatic carbocycles. The van der Waals surface area contributed by atoms with Gasteiger partial charge in [0.25, 0.3) is 0 Å². The zero-order valence-corrected chi connectivity index (χ0v) is 22.4. The molecule has 2 atom stereocenters. The fourth-order valence-electron chi connectivity index (χ4n) is 6.26. The van der Waals surface area contributed by atoms with Crippen molar-refractivity contribution < 1.29 is 4.74 Å². The largest absolute Gasteiger partial charge is 0.462 e. The lowest BCUT2D eigenvalue weighted by atomic mass is 10.1. The first kappa shape index (κ1) is 24.9. The van der Waals surface area contributed by atoms with Crippen molar-refractivity contribution in [1.29, 1.82) is 5.26 Å². The van der Waals surface area contributed by atoms with Gasteiger partial charge in [-0.15, -0.1) is 0 Å². The van der Waals surface area contributed by atoms with Crippen molar-refractivity contribution in [3.05, 3.63) is 35.2 Å². The summed E-state index contributed by atoms with van der Waals surface area (Å²) in [4.78, 5) is 17.2. The van der Waals surface area contributed by atoms with Crippen molar-refractivity contribution in [1.82, 2.24) is 30.4 Å². The lowest BCUT2D eigenvalue weighted by Crippen LogP contribution is -2.51. The summed E-state index contributed by atoms with van der Waals surface area (Å²) in [6, 6.07) is 7.59. The fourth-order valence-corrected chi connectivity index (χ4v) is 6.26. The molecule has 3 aromatic rings. The molecule has 0 bridgehead atoms. The summed E-state index contributed by atoms with van der Waals surface area (Å²) >= 11 is 0. The number of fused-ring (bicyclic) bond motifs is 2. The molecular formula is C28H37N9O. The van der Waals surface area contributed by atoms with E-state index in [0.717, 1.165) is 74.4 Å². The monoisotopic (exact) mass is 515 g/mol. The molecule has 0 radical (unpaired) electrons. The van der Waals surface area contributed by atoms with Crippen LogP contribution >= 0.6 is 0 Å². The molecular weight excluding hydrogens is 478 g/mol. The number of ether oxygens (including phenoxy) is 1. The van der Waals surface area contributed by atoms with Gasteiger partial charge in [-0.25, -0.2) is 0 Å². The van der Waals surface area contributed by atoms with Crippen LogP contribution < -0.4 is 19.9 Å². The third-order valence-corrected chi connectivity index (χ3v) is 8.33. The van der Waals surface area contributed by atoms with E-state index in [9.17, 15) is 5.26 Å². The van der Waals surface area contributed by atoms with Crippen LogP contribution in [0.2, 0.25) is 0 Å². The minimum absolute atomic E-state index is 0.138. The quantitative estimate of drug-likeness (QED) is 0.512. The summed E-state index contributed by atoms with van der Waals surface area (Å²) in [5.74, 6) is 0.981. The maximum atomic E-state index is 9.29. The van der Waals surface area contributed by atoms with Crippen molar-refractivity contribution in [2.45, 2.75) is 57.7 Å². The van der Waals surface area contributed by atoms with Crippen molar-refractivity contribution in [3.8, 4) is 12.1 Å². The number of anilines is 2. The van der Waals surface area contributed by atoms with Crippen LogP contribution in [0.25, 0.3) is 10.9 Å². The van der Waals surface area contributed by atoms with E-state index in [1.165, 1.54) is 23.2 Å². The van der Waals surface area contributed by atoms with Gasteiger partial charge in [-0.3, -0.25) is 5.10 Å². The van der Waals surface area contributed by atoms with Gasteiger partial charge in [-0.2, -0.15) is 20.3 Å². The molecule has 3 aliphatic heterocycles. The standard InChI is InChI=1S/C28H37N9O/c1-19-7-8-24-23(15-31-34-24)26(19)36-13-4-6-22-25(17-36)32-28(38-18-21-5-3-12-35(21)2)33-27(22)37-14-11-30-20(16-37)9-10-29/h7-8,15,20-21,30H,3-6,9,11-14,16-18H2,1-2H3,(H,31,34)/t20-,21-/m0/s1. The van der Waals surface area contributed by atoms with Gasteiger partial charge in [0.1, 0.15) is 12.4 Å². The lowest BCUT2D eigenvalue weighted by molar-refractivity contribution is 0.187. The zero-order chi connectivity index (χ0) is 26.1. The first-order chi connectivity index (χ1) is 18.6. The first-order valence-corrected chi connectivity index (χ1v) is 13.9. The number of nitrogens with zero attached hydrogens (tertiary/aromatic N) is 7. The third kappa shape index (κ3) is 4.88. The Balaban J connectivity index is 1.36. The number of aromatic amines is 1. The second kappa shape index (κ2) is 10.8. The summed E-state index contributed by atoms with van der Waals surface area (Å²) in [6.07, 6.45) is 6.69. The van der Waals surface area contributed by atoms with Gasteiger partial charge < -0.3 is 24.8 Å². The number of likely N-dealkylation sites (tertiary alicyclic amines) is 1. The van der Waals surface area contributed by atoms with Crippen molar-refractivity contribution in [2.75, 3.05) is 56.2 Å². The van der Waals surface area contributed by atoms with Crippen LogP contribution in [0.4, 0.5) is 11.5 Å². The molecule has 38 heavy (non-hydrogen) atoms. The number of nitrogens with one attached hydrogen (secondary N) is 2. The number of piperazine rings is 1. The Morgan fingerprint density at radius 3 is 2.92 bits per heavy atom. The van der Waals surface area contributed by atoms with Crippen LogP contribution in [0.3, 0.4) is 0 Å². The molecule has 0 spiro atoms. The minimum Gasteiger partial charge on any atom is -0.462 e. The van der Waals surface area contributed by atoms with Crippen molar-refractivity contribution in [2.24, 2.45) is 0 Å². The van der Waals surface area contributed by atoms with Crippen LogP contribution in [-0.4, -0.2) is 83.5 Å². The number of hydrogen-bond donors (Lipinski definition) is 2. The van der Waals surface area contributed by atoms with Crippen LogP contribution in [-0.2, 0) is 13.0 Å². The highest BCUT2D eigenvalue weighted by molar-refractivity contribution is 5.93. The molecule has 2 aromatic heterocycles. The Kier molecular flexibility index (Phi) is 7.04. The number of nitriles is 1. The lowest BCUT2D eigenvalue weighted by Gasteiger charge is -2.35. The van der Waals surface area contributed by atoms with Crippen LogP contribution in [0.15, 0.2) is 18.3 Å². The molecule has 3 aliphatic rings. The number of benzene rings is 1. The summed E-state index contributed by atoms with van der Waals surface area (Å²) in [5.41, 5.74) is 5.76. The van der Waals surface area contributed by atoms with E-state index in [0.29, 0.717) is 31.6 Å². The smallest absolute Gasteiger partial charge is 0.318 e. The fraction of sp³-hybridized carbons (Fsp3) is 0.571. The van der Waals surface area contributed by atoms with E-state index in [1.54, 1.807) is 0 Å². The van der Waals surface area contributed by atoms with Crippen molar-refractivity contribution >= 4 is 22.4 Å². The Labute approximate surface area is 224 Å². The topological polar surface area (TPSA) is 109 Å². The highest BCUT2D eigenvalue weighted by Crippen LogP contribution is 2.35. The first-order valence-electron chi connectivity index (χ1n) is 13.9. The molecule has 5 heterocycles. The molecule has 2 saturated heterocycles. The molecule has 0 amide bonds. The summed E-state index contributed by atoms with van der Waals surface area (Å²) in [6.45, 7) is 7.96. The Morgan fingerprint density at radius 2 is 2.08 bits per heavy atom. The van der Waals surface area contributed by atoms with Gasteiger partial charge in [0.15, 0.2) is 0 Å². The van der Waals surface area contributed by atoms with E-state index in [2.05, 4.69) is 62.4 Å². The second-order valence-corrected chi connectivity index (χ2v) is 10.9. The Bertz CT molecular complexity index is 1330. The van der Waals surface area contributed by atoms with Gasteiger partial charge in [-0.1, -0.05) is 6.07 Å². The average molecular weight is 516 g/mol. The van der Waals surface area contributed by atoms with E-state index in [1.807, 2.05) is 6.20 Å². The highest BCUT2D eigenvalue weighted by atomic mass is 16.5. The number of hydrogen-bond acceptors (Lipinski definition) is 9. The van der Waals surface area contributed by atoms with E-state index in [4.69, 9.17) is 14.7 Å². The van der Waals surface area contributed by atoms with Gasteiger partial charge >= 0.3 is 6.01 Å². The maximum Gasteiger partial charge on any atom is 0.318 e. The number of aromatic nitrogens is 4. The number of aryl methyl sites for hydroxylation is 1. The van der Waals surface area contributed by atoms with Gasteiger partial charge in [0.2, 0.25) is 0 Å². The molecule has 0 unspecified atom stereocenters. The molecule has 2 N–H and O–H groups in total. The normalized spacial score (nSPS) is 22.3. The van der Waals surface area contributed by atoms with Gasteiger partial charge in [-0.05, 0) is 57.8 Å². The predicted molar refractivity (Wildman–Crippen MR) is 148 cm³/mol. The average Bonchev–Trinajstić information content (AvgIpc) is 3.50. The molecule has 200 valence electrons. The molecule has 0 aliphatic carbocycles. The van der Waals surface area contributed by atoms with Crippen LogP contribution in [0.1, 0.15) is 42.5 Å². The predicted octanol–water partition coefficient (Wildman–Crippen LogP) is 2.78. The molecule has 10 nitrogen and oxygen atoms in total. The SMILES string of the molecule is Cc1ccc2[nH]ncc2c1N1CCCc2c(nc(OC[C@@H]3CCCN3C)nc2N2CCN[C@@H](CC#N)C2)C1. The second-order valence-electron chi connectivity index (χ2n) is 10.9. The van der Waals surface area contributed by atoms with Crippen LogP contribution in [0.5, 0.6) is 6.01 Å². The Morgan fingerprint density at radius 1 is 1.16 bits per heavy atom. The summed E-state index contributed by atoms with van der Waals surface area (Å²) < 4.78 is 6.30. The van der Waals surface area contributed by atoms with E-state index < -0.39 is 0 Å². The molecule has 10 heteroatoms. The number of likely N-dealkylation sites (N-methyl/N-ethyl adjacent to an activating group) is 1. The summed E-state index contributed by atoms with van der Waals surface area (Å²) in [5, 5.41) is 21.3. The van der Waals surface area contributed by atoms with Gasteiger partial charge in [0.05, 0.1) is 42.1 Å². The molecule has 2 fully saturated rings. The summed E-state index contributed by atoms with van der Waals surface area (Å²) in [7, 11) is 2.16. The minimum atomic E-state index is 0.138. The highest BCUT2D eigenvalue weighted by Gasteiger charge is 2.29. The Hall–Kier alpha value is -3.42. The third-order valence-electron chi connectivity index (χ3n) is 8.33. The molecule has 6 rings (SSSR count). The maximum absolute atomic E-state index is 9.29. The molecule has 0 saturated carbocycles. The van der Waals surface area contributed by atoms with Crippen molar-refractivity contribution in [3.63, 3.8) is 0 Å². The van der Waals surface area contributed by atoms with Crippen LogP contribution in [0, 0.1) is 18.3 Å². The van der Waals surface area contributed by atoms with E-state index >= 15 is 0 Å². The van der Waals surface area contributed by atoms with E-state index in [-0.39, 0.29) is 6.04 Å². The van der Waals surface area contributed by atoms with Gasteiger partial charge in [0, 0.05) is 49.2 Å².